The molecule has 0 bridgehead atoms. The summed E-state index contributed by atoms with van der Waals surface area (Å²) in [5, 5.41) is 5.58. The normalized spacial score (nSPS) is 11.5. The summed E-state index contributed by atoms with van der Waals surface area (Å²) in [6, 6.07) is 42.0. The number of fused-ring (bicyclic) bond motifs is 5. The Morgan fingerprint density at radius 2 is 1.10 bits per heavy atom. The topological polar surface area (TPSA) is 51.6 Å². The molecule has 186 valence electrons. The van der Waals surface area contributed by atoms with Gasteiger partial charge in [-0.25, -0.2) is 9.97 Å². The highest BCUT2D eigenvalue weighted by Gasteiger charge is 2.14. The van der Waals surface area contributed by atoms with Crippen LogP contribution in [-0.2, 0) is 0 Å². The van der Waals surface area contributed by atoms with Gasteiger partial charge in [0, 0.05) is 39.7 Å². The molecule has 5 aromatic carbocycles. The molecule has 0 N–H and O–H groups in total. The van der Waals surface area contributed by atoms with Crippen molar-refractivity contribution in [2.45, 2.75) is 0 Å². The Labute approximate surface area is 230 Å². The second-order valence-electron chi connectivity index (χ2n) is 9.95. The average Bonchev–Trinajstić information content (AvgIpc) is 3.04. The molecule has 8 aromatic rings. The minimum Gasteiger partial charge on any atom is -0.254 e. The Balaban J connectivity index is 1.28. The van der Waals surface area contributed by atoms with E-state index in [1.807, 2.05) is 36.7 Å². The van der Waals surface area contributed by atoms with Crippen LogP contribution in [0.5, 0.6) is 0 Å². The molecule has 0 radical (unpaired) electrons. The second-order valence-corrected chi connectivity index (χ2v) is 9.95. The summed E-state index contributed by atoms with van der Waals surface area (Å²) in [4.78, 5) is 19.3. The molecule has 0 aliphatic carbocycles. The minimum absolute atomic E-state index is 0.725. The molecule has 3 heterocycles. The first kappa shape index (κ1) is 22.5. The van der Waals surface area contributed by atoms with Crippen LogP contribution in [0.15, 0.2) is 134 Å². The van der Waals surface area contributed by atoms with E-state index in [0.29, 0.717) is 0 Å². The lowest BCUT2D eigenvalue weighted by Gasteiger charge is -2.12. The zero-order chi connectivity index (χ0) is 26.5. The lowest BCUT2D eigenvalue weighted by Crippen LogP contribution is -1.95. The number of hydrogen-bond acceptors (Lipinski definition) is 4. The van der Waals surface area contributed by atoms with Crippen molar-refractivity contribution in [2.75, 3.05) is 0 Å². The van der Waals surface area contributed by atoms with Gasteiger partial charge in [-0.05, 0) is 52.2 Å². The summed E-state index contributed by atoms with van der Waals surface area (Å²) in [6.07, 6.45) is 3.65. The van der Waals surface area contributed by atoms with Gasteiger partial charge in [-0.1, -0.05) is 91.0 Å². The summed E-state index contributed by atoms with van der Waals surface area (Å²) in [5.74, 6) is 0.725. The lowest BCUT2D eigenvalue weighted by atomic mass is 9.96. The fourth-order valence-corrected chi connectivity index (χ4v) is 5.58. The Kier molecular flexibility index (Phi) is 5.10. The van der Waals surface area contributed by atoms with E-state index in [1.54, 1.807) is 0 Å². The van der Waals surface area contributed by atoms with Gasteiger partial charge in [0.05, 0.1) is 22.2 Å². The van der Waals surface area contributed by atoms with Crippen LogP contribution < -0.4 is 0 Å². The summed E-state index contributed by atoms with van der Waals surface area (Å²) < 4.78 is 0. The number of benzene rings is 5. The largest absolute Gasteiger partial charge is 0.254 e. The molecule has 40 heavy (non-hydrogen) atoms. The van der Waals surface area contributed by atoms with Crippen molar-refractivity contribution >= 4 is 43.5 Å². The van der Waals surface area contributed by atoms with Crippen molar-refractivity contribution < 1.29 is 0 Å². The quantitative estimate of drug-likeness (QED) is 0.223. The van der Waals surface area contributed by atoms with Gasteiger partial charge in [0.1, 0.15) is 0 Å². The zero-order valence-corrected chi connectivity index (χ0v) is 21.5. The second kappa shape index (κ2) is 9.07. The Morgan fingerprint density at radius 1 is 0.425 bits per heavy atom. The first-order valence-corrected chi connectivity index (χ1v) is 13.3. The highest BCUT2D eigenvalue weighted by molar-refractivity contribution is 6.10. The van der Waals surface area contributed by atoms with Gasteiger partial charge in [-0.2, -0.15) is 0 Å². The minimum atomic E-state index is 0.725. The van der Waals surface area contributed by atoms with Crippen LogP contribution in [0.1, 0.15) is 0 Å². The predicted octanol–water partition coefficient (Wildman–Crippen LogP) is 8.88. The van der Waals surface area contributed by atoms with Crippen molar-refractivity contribution in [1.82, 2.24) is 19.9 Å². The number of rotatable bonds is 3. The lowest BCUT2D eigenvalue weighted by molar-refractivity contribution is 1.23. The molecule has 0 amide bonds. The molecule has 0 unspecified atom stereocenters. The molecule has 0 saturated carbocycles. The number of para-hydroxylation sites is 1. The Morgan fingerprint density at radius 3 is 2.00 bits per heavy atom. The molecule has 4 nitrogen and oxygen atoms in total. The first-order valence-electron chi connectivity index (χ1n) is 13.3. The van der Waals surface area contributed by atoms with Gasteiger partial charge in [0.15, 0.2) is 5.82 Å². The van der Waals surface area contributed by atoms with Crippen LogP contribution in [0.2, 0.25) is 0 Å². The summed E-state index contributed by atoms with van der Waals surface area (Å²) >= 11 is 0. The summed E-state index contributed by atoms with van der Waals surface area (Å²) in [5.41, 5.74) is 8.02. The number of aromatic nitrogens is 4. The molecule has 4 heteroatoms. The van der Waals surface area contributed by atoms with E-state index in [1.165, 1.54) is 10.8 Å². The van der Waals surface area contributed by atoms with Crippen LogP contribution >= 0.6 is 0 Å². The van der Waals surface area contributed by atoms with Crippen LogP contribution in [0.3, 0.4) is 0 Å². The van der Waals surface area contributed by atoms with Crippen molar-refractivity contribution in [3.05, 3.63) is 134 Å². The molecule has 0 saturated heterocycles. The smallest absolute Gasteiger partial charge is 0.160 e. The van der Waals surface area contributed by atoms with Crippen molar-refractivity contribution in [2.24, 2.45) is 0 Å². The van der Waals surface area contributed by atoms with E-state index in [-0.39, 0.29) is 0 Å². The van der Waals surface area contributed by atoms with E-state index >= 15 is 0 Å². The fourth-order valence-electron chi connectivity index (χ4n) is 5.58. The Bertz CT molecular complexity index is 2220. The monoisotopic (exact) mass is 510 g/mol. The van der Waals surface area contributed by atoms with E-state index in [9.17, 15) is 0 Å². The standard InChI is InChI=1S/C36H22N4/c1-2-8-26-21-28(18-13-23(26)7-1)36-39-32-12-4-3-10-30(32)33(40-36)25-16-14-24(15-17-25)31-22-27-9-5-19-37-34(27)35-29(31)11-6-20-38-35/h1-22H. The van der Waals surface area contributed by atoms with Crippen LogP contribution in [0, 0.1) is 0 Å². The molecular formula is C36H22N4. The third-order valence-electron chi connectivity index (χ3n) is 7.54. The molecule has 0 spiro atoms. The highest BCUT2D eigenvalue weighted by Crippen LogP contribution is 2.35. The molecular weight excluding hydrogens is 488 g/mol. The van der Waals surface area contributed by atoms with Gasteiger partial charge in [-0.3, -0.25) is 9.97 Å². The van der Waals surface area contributed by atoms with Gasteiger partial charge in [-0.15, -0.1) is 0 Å². The third-order valence-corrected chi connectivity index (χ3v) is 7.54. The van der Waals surface area contributed by atoms with Crippen LogP contribution in [0.4, 0.5) is 0 Å². The van der Waals surface area contributed by atoms with Crippen molar-refractivity contribution in [3.63, 3.8) is 0 Å². The molecule has 0 atom stereocenters. The van der Waals surface area contributed by atoms with Gasteiger partial charge in [0.25, 0.3) is 0 Å². The average molecular weight is 511 g/mol. The van der Waals surface area contributed by atoms with Crippen molar-refractivity contribution in [1.29, 1.82) is 0 Å². The molecule has 8 rings (SSSR count). The molecule has 3 aromatic heterocycles. The Hall–Kier alpha value is -5.48. The fraction of sp³-hybridized carbons (Fsp3) is 0. The maximum Gasteiger partial charge on any atom is 0.160 e. The van der Waals surface area contributed by atoms with E-state index in [2.05, 4.69) is 107 Å². The van der Waals surface area contributed by atoms with E-state index < -0.39 is 0 Å². The van der Waals surface area contributed by atoms with Gasteiger partial charge in [0.2, 0.25) is 0 Å². The SMILES string of the molecule is c1ccc2cc(-c3nc(-c4ccc(-c5cc6cccnc6c6ncccc56)cc4)c4ccccc4n3)ccc2c1. The van der Waals surface area contributed by atoms with Crippen LogP contribution in [-0.4, -0.2) is 19.9 Å². The maximum absolute atomic E-state index is 5.11. The zero-order valence-electron chi connectivity index (χ0n) is 21.5. The number of nitrogens with zero attached hydrogens (tertiary/aromatic N) is 4. The van der Waals surface area contributed by atoms with E-state index in [0.717, 1.165) is 66.5 Å². The van der Waals surface area contributed by atoms with Gasteiger partial charge < -0.3 is 0 Å². The maximum atomic E-state index is 5.11. The first-order chi connectivity index (χ1) is 19.8. The molecule has 0 fully saturated rings. The third kappa shape index (κ3) is 3.69. The summed E-state index contributed by atoms with van der Waals surface area (Å²) in [7, 11) is 0. The number of pyridine rings is 2. The summed E-state index contributed by atoms with van der Waals surface area (Å²) in [6.45, 7) is 0. The van der Waals surface area contributed by atoms with Crippen LogP contribution in [0.25, 0.3) is 77.3 Å². The van der Waals surface area contributed by atoms with Gasteiger partial charge >= 0.3 is 0 Å². The predicted molar refractivity (Wildman–Crippen MR) is 164 cm³/mol. The highest BCUT2D eigenvalue weighted by atomic mass is 14.9. The van der Waals surface area contributed by atoms with E-state index in [4.69, 9.17) is 9.97 Å². The number of hydrogen-bond donors (Lipinski definition) is 0. The van der Waals surface area contributed by atoms with Crippen molar-refractivity contribution in [3.8, 4) is 33.8 Å². The molecule has 0 aliphatic heterocycles. The molecule has 0 aliphatic rings.